The van der Waals surface area contributed by atoms with Gasteiger partial charge in [0, 0.05) is 0 Å². The molecule has 1 atom stereocenters. The first-order valence-corrected chi connectivity index (χ1v) is 12.0. The van der Waals surface area contributed by atoms with Crippen molar-refractivity contribution in [3.05, 3.63) is 24.3 Å². The van der Waals surface area contributed by atoms with E-state index in [9.17, 15) is 33.3 Å². The molecule has 5 N–H and O–H groups in total. The molecule has 1 heterocycles. The van der Waals surface area contributed by atoms with E-state index in [0.717, 1.165) is 6.92 Å². The number of rotatable bonds is 9. The number of piperidine rings is 1. The standard InChI is InChI=1S/C22H30N2O8S/c1-3-4-13-32-16-5-7-17(8-6-16)33(30,31)15-22(9-11-23-12-10-22)19(27)24-18(26)21(2,14-25)20(28)29/h5-8,20,23,25,28-29H,9-15H2,1-2H3,(H,24,26,27). The Balaban J connectivity index is 2.25. The molecular formula is C22H30N2O8S. The van der Waals surface area contributed by atoms with Gasteiger partial charge in [-0.25, -0.2) is 8.42 Å². The lowest BCUT2D eigenvalue weighted by molar-refractivity contribution is -0.170. The van der Waals surface area contributed by atoms with Gasteiger partial charge >= 0.3 is 0 Å². The molecule has 2 amide bonds. The van der Waals surface area contributed by atoms with Gasteiger partial charge in [-0.05, 0) is 64.0 Å². The van der Waals surface area contributed by atoms with Crippen LogP contribution >= 0.6 is 0 Å². The van der Waals surface area contributed by atoms with Crippen LogP contribution in [0.3, 0.4) is 0 Å². The topological polar surface area (TPSA) is 162 Å². The van der Waals surface area contributed by atoms with Crippen LogP contribution in [0.4, 0.5) is 0 Å². The van der Waals surface area contributed by atoms with Crippen molar-refractivity contribution in [3.63, 3.8) is 0 Å². The van der Waals surface area contributed by atoms with Gasteiger partial charge in [0.2, 0.25) is 11.8 Å². The number of carbonyl (C=O) groups is 2. The number of sulfone groups is 1. The first kappa shape index (κ1) is 26.8. The Labute approximate surface area is 193 Å². The second kappa shape index (κ2) is 11.1. The van der Waals surface area contributed by atoms with Crippen LogP contribution in [0, 0.1) is 22.7 Å². The Morgan fingerprint density at radius 2 is 1.85 bits per heavy atom. The minimum Gasteiger partial charge on any atom is -0.481 e. The largest absolute Gasteiger partial charge is 0.481 e. The second-order valence-electron chi connectivity index (χ2n) is 8.21. The minimum absolute atomic E-state index is 0.000521. The van der Waals surface area contributed by atoms with Crippen LogP contribution in [0.1, 0.15) is 26.7 Å². The summed E-state index contributed by atoms with van der Waals surface area (Å²) in [5.74, 6) is 3.39. The Kier molecular flexibility index (Phi) is 8.99. The van der Waals surface area contributed by atoms with E-state index < -0.39 is 51.1 Å². The van der Waals surface area contributed by atoms with Crippen LogP contribution in [0.2, 0.25) is 0 Å². The number of amides is 2. The van der Waals surface area contributed by atoms with Crippen molar-refractivity contribution in [1.82, 2.24) is 10.6 Å². The third-order valence-electron chi connectivity index (χ3n) is 5.82. The molecular weight excluding hydrogens is 452 g/mol. The first-order chi connectivity index (χ1) is 15.5. The zero-order valence-corrected chi connectivity index (χ0v) is 19.4. The number of hydrogen-bond donors (Lipinski definition) is 5. The molecule has 0 aromatic heterocycles. The Bertz CT molecular complexity index is 1010. The predicted octanol–water partition coefficient (Wildman–Crippen LogP) is -0.816. The zero-order chi connectivity index (χ0) is 24.7. The summed E-state index contributed by atoms with van der Waals surface area (Å²) in [6.07, 6.45) is -1.91. The molecule has 0 bridgehead atoms. The normalized spacial score (nSPS) is 17.4. The molecule has 0 radical (unpaired) electrons. The van der Waals surface area contributed by atoms with E-state index in [2.05, 4.69) is 22.5 Å². The van der Waals surface area contributed by atoms with Crippen molar-refractivity contribution < 1.29 is 38.1 Å². The minimum atomic E-state index is -3.93. The molecule has 0 saturated carbocycles. The third kappa shape index (κ3) is 6.31. The van der Waals surface area contributed by atoms with Gasteiger partial charge in [0.25, 0.3) is 0 Å². The van der Waals surface area contributed by atoms with Crippen LogP contribution in [-0.4, -0.2) is 73.9 Å². The maximum Gasteiger partial charge on any atom is 0.239 e. The maximum absolute atomic E-state index is 13.2. The van der Waals surface area contributed by atoms with Gasteiger partial charge in [0.15, 0.2) is 16.1 Å². The first-order valence-electron chi connectivity index (χ1n) is 10.4. The summed E-state index contributed by atoms with van der Waals surface area (Å²) >= 11 is 0. The molecule has 10 nitrogen and oxygen atoms in total. The molecule has 33 heavy (non-hydrogen) atoms. The number of carbonyl (C=O) groups excluding carboxylic acids is 2. The highest BCUT2D eigenvalue weighted by Crippen LogP contribution is 2.34. The molecule has 1 fully saturated rings. The van der Waals surface area contributed by atoms with Gasteiger partial charge in [-0.1, -0.05) is 5.92 Å². The molecule has 1 aromatic rings. The molecule has 182 valence electrons. The van der Waals surface area contributed by atoms with Crippen molar-refractivity contribution in [3.8, 4) is 17.6 Å². The summed E-state index contributed by atoms with van der Waals surface area (Å²) in [4.78, 5) is 25.6. The summed E-state index contributed by atoms with van der Waals surface area (Å²) in [7, 11) is -3.93. The SMILES string of the molecule is CC#CCOc1ccc(S(=O)(=O)CC2(C(=O)NC(=O)C(C)(CO)C(O)O)CCNCC2)cc1. The summed E-state index contributed by atoms with van der Waals surface area (Å²) in [5, 5.41) is 33.5. The van der Waals surface area contributed by atoms with Gasteiger partial charge < -0.3 is 25.4 Å². The predicted molar refractivity (Wildman–Crippen MR) is 119 cm³/mol. The third-order valence-corrected chi connectivity index (χ3v) is 7.75. The smallest absolute Gasteiger partial charge is 0.239 e. The Morgan fingerprint density at radius 1 is 1.24 bits per heavy atom. The van der Waals surface area contributed by atoms with E-state index in [1.54, 1.807) is 6.92 Å². The monoisotopic (exact) mass is 482 g/mol. The summed E-state index contributed by atoms with van der Waals surface area (Å²) in [6.45, 7) is 2.74. The van der Waals surface area contributed by atoms with Crippen LogP contribution in [-0.2, 0) is 19.4 Å². The van der Waals surface area contributed by atoms with Crippen molar-refractivity contribution in [2.24, 2.45) is 10.8 Å². The van der Waals surface area contributed by atoms with Crippen molar-refractivity contribution in [1.29, 1.82) is 0 Å². The fourth-order valence-corrected chi connectivity index (χ4v) is 5.24. The highest BCUT2D eigenvalue weighted by molar-refractivity contribution is 7.91. The van der Waals surface area contributed by atoms with E-state index in [0.29, 0.717) is 18.8 Å². The van der Waals surface area contributed by atoms with E-state index >= 15 is 0 Å². The van der Waals surface area contributed by atoms with Gasteiger partial charge in [0.1, 0.15) is 17.8 Å². The lowest BCUT2D eigenvalue weighted by Gasteiger charge is -2.37. The highest BCUT2D eigenvalue weighted by Gasteiger charge is 2.47. The maximum atomic E-state index is 13.2. The molecule has 1 aromatic carbocycles. The summed E-state index contributed by atoms with van der Waals surface area (Å²) < 4.78 is 31.7. The van der Waals surface area contributed by atoms with E-state index in [4.69, 9.17) is 4.74 Å². The summed E-state index contributed by atoms with van der Waals surface area (Å²) in [6, 6.07) is 5.76. The van der Waals surface area contributed by atoms with Crippen LogP contribution in [0.25, 0.3) is 0 Å². The molecule has 2 rings (SSSR count). The lowest BCUT2D eigenvalue weighted by Crippen LogP contribution is -2.57. The van der Waals surface area contributed by atoms with Gasteiger partial charge in [0.05, 0.1) is 22.7 Å². The molecule has 0 spiro atoms. The molecule has 1 saturated heterocycles. The number of aliphatic hydroxyl groups excluding tert-OH is 2. The number of aliphatic hydroxyl groups is 3. The number of imide groups is 1. The van der Waals surface area contributed by atoms with E-state index in [-0.39, 0.29) is 24.3 Å². The molecule has 0 aliphatic carbocycles. The summed E-state index contributed by atoms with van der Waals surface area (Å²) in [5.41, 5.74) is -3.46. The van der Waals surface area contributed by atoms with Gasteiger partial charge in [-0.2, -0.15) is 0 Å². The number of nitrogens with one attached hydrogen (secondary N) is 2. The molecule has 1 aliphatic heterocycles. The van der Waals surface area contributed by atoms with E-state index in [1.165, 1.54) is 24.3 Å². The lowest BCUT2D eigenvalue weighted by atomic mass is 9.79. The average molecular weight is 483 g/mol. The van der Waals surface area contributed by atoms with Gasteiger partial charge in [-0.3, -0.25) is 14.9 Å². The highest BCUT2D eigenvalue weighted by atomic mass is 32.2. The average Bonchev–Trinajstić information content (AvgIpc) is 2.79. The quantitative estimate of drug-likeness (QED) is 0.224. The fraction of sp³-hybridized carbons (Fsp3) is 0.545. The van der Waals surface area contributed by atoms with Crippen LogP contribution < -0.4 is 15.4 Å². The van der Waals surface area contributed by atoms with E-state index in [1.807, 2.05) is 0 Å². The fourth-order valence-electron chi connectivity index (χ4n) is 3.37. The van der Waals surface area contributed by atoms with Crippen LogP contribution in [0.15, 0.2) is 29.2 Å². The second-order valence-corrected chi connectivity index (χ2v) is 10.2. The van der Waals surface area contributed by atoms with Crippen LogP contribution in [0.5, 0.6) is 5.75 Å². The molecule has 11 heteroatoms. The number of hydrogen-bond acceptors (Lipinski definition) is 9. The number of benzene rings is 1. The molecule has 1 aliphatic rings. The Hall–Kier alpha value is -2.49. The van der Waals surface area contributed by atoms with Crippen molar-refractivity contribution in [2.75, 3.05) is 32.1 Å². The van der Waals surface area contributed by atoms with Crippen molar-refractivity contribution in [2.45, 2.75) is 37.9 Å². The molecule has 1 unspecified atom stereocenters. The number of ether oxygens (including phenoxy) is 1. The zero-order valence-electron chi connectivity index (χ0n) is 18.6. The Morgan fingerprint density at radius 3 is 2.36 bits per heavy atom. The van der Waals surface area contributed by atoms with Gasteiger partial charge in [-0.15, -0.1) is 5.92 Å². The van der Waals surface area contributed by atoms with Crippen molar-refractivity contribution >= 4 is 21.7 Å².